The minimum atomic E-state index is 0.213. The SMILES string of the molecule is C[C@@H]1C[C@H]1c1ccc(CCC(=O)N2CCC[C@@H](c3nncn3C)C2)o1. The molecule has 1 amide bonds. The van der Waals surface area contributed by atoms with Gasteiger partial charge in [0.25, 0.3) is 0 Å². The summed E-state index contributed by atoms with van der Waals surface area (Å²) in [5, 5.41) is 8.18. The Balaban J connectivity index is 1.31. The van der Waals surface area contributed by atoms with Gasteiger partial charge in [0.1, 0.15) is 23.7 Å². The zero-order chi connectivity index (χ0) is 17.4. The number of hydrogen-bond donors (Lipinski definition) is 0. The molecular weight excluding hydrogens is 316 g/mol. The predicted octanol–water partition coefficient (Wildman–Crippen LogP) is 2.87. The lowest BCUT2D eigenvalue weighted by Gasteiger charge is -2.32. The maximum atomic E-state index is 12.6. The van der Waals surface area contributed by atoms with Crippen LogP contribution in [0.25, 0.3) is 0 Å². The summed E-state index contributed by atoms with van der Waals surface area (Å²) in [4.78, 5) is 14.6. The standard InChI is InChI=1S/C19H26N4O2/c1-13-10-16(13)17-7-5-15(25-17)6-8-18(24)23-9-3-4-14(11-23)19-21-20-12-22(19)2/h5,7,12-14,16H,3-4,6,8-11H2,1-2H3/t13-,14-,16-/m1/s1. The molecule has 0 unspecified atom stereocenters. The first-order chi connectivity index (χ1) is 12.1. The summed E-state index contributed by atoms with van der Waals surface area (Å²) in [5.41, 5.74) is 0. The molecule has 0 bridgehead atoms. The van der Waals surface area contributed by atoms with E-state index in [0.29, 0.717) is 18.8 Å². The van der Waals surface area contributed by atoms with Crippen LogP contribution in [-0.2, 0) is 18.3 Å². The largest absolute Gasteiger partial charge is 0.466 e. The van der Waals surface area contributed by atoms with Gasteiger partial charge in [0.2, 0.25) is 5.91 Å². The fraction of sp³-hybridized carbons (Fsp3) is 0.632. The zero-order valence-corrected chi connectivity index (χ0v) is 15.0. The number of carbonyl (C=O) groups excluding carboxylic acids is 1. The second kappa shape index (κ2) is 6.65. The first-order valence-corrected chi connectivity index (χ1v) is 9.32. The number of hydrogen-bond acceptors (Lipinski definition) is 4. The number of furan rings is 1. The van der Waals surface area contributed by atoms with E-state index in [2.05, 4.69) is 23.2 Å². The number of amides is 1. The van der Waals surface area contributed by atoms with Gasteiger partial charge in [0, 0.05) is 44.8 Å². The third-order valence-corrected chi connectivity index (χ3v) is 5.63. The van der Waals surface area contributed by atoms with Crippen molar-refractivity contribution in [2.75, 3.05) is 13.1 Å². The lowest BCUT2D eigenvalue weighted by Crippen LogP contribution is -2.39. The molecule has 6 heteroatoms. The van der Waals surface area contributed by atoms with Crippen LogP contribution in [0.15, 0.2) is 22.9 Å². The Bertz CT molecular complexity index is 750. The maximum absolute atomic E-state index is 12.6. The molecule has 1 aliphatic heterocycles. The average molecular weight is 342 g/mol. The summed E-state index contributed by atoms with van der Waals surface area (Å²) in [7, 11) is 1.96. The van der Waals surface area contributed by atoms with Crippen molar-refractivity contribution < 1.29 is 9.21 Å². The topological polar surface area (TPSA) is 64.2 Å². The van der Waals surface area contributed by atoms with E-state index < -0.39 is 0 Å². The molecule has 3 heterocycles. The van der Waals surface area contributed by atoms with Crippen LogP contribution in [0.5, 0.6) is 0 Å². The van der Waals surface area contributed by atoms with E-state index >= 15 is 0 Å². The first kappa shape index (κ1) is 16.4. The summed E-state index contributed by atoms with van der Waals surface area (Å²) in [6.07, 6.45) is 6.24. The lowest BCUT2D eigenvalue weighted by atomic mass is 9.96. The van der Waals surface area contributed by atoms with E-state index in [1.165, 1.54) is 6.42 Å². The summed E-state index contributed by atoms with van der Waals surface area (Å²) in [6, 6.07) is 4.12. The molecule has 0 radical (unpaired) electrons. The molecule has 2 aliphatic rings. The molecule has 2 fully saturated rings. The van der Waals surface area contributed by atoms with E-state index in [4.69, 9.17) is 4.42 Å². The van der Waals surface area contributed by atoms with Crippen LogP contribution in [0, 0.1) is 5.92 Å². The summed E-state index contributed by atoms with van der Waals surface area (Å²) in [5.74, 6) is 4.85. The van der Waals surface area contributed by atoms with Gasteiger partial charge in [-0.1, -0.05) is 6.92 Å². The van der Waals surface area contributed by atoms with Crippen LogP contribution in [-0.4, -0.2) is 38.7 Å². The van der Waals surface area contributed by atoms with Crippen LogP contribution < -0.4 is 0 Å². The Morgan fingerprint density at radius 1 is 1.40 bits per heavy atom. The summed E-state index contributed by atoms with van der Waals surface area (Å²) < 4.78 is 7.88. The van der Waals surface area contributed by atoms with Crippen LogP contribution in [0.2, 0.25) is 0 Å². The number of piperidine rings is 1. The highest BCUT2D eigenvalue weighted by molar-refractivity contribution is 5.76. The van der Waals surface area contributed by atoms with Crippen molar-refractivity contribution in [3.05, 3.63) is 35.8 Å². The Hall–Kier alpha value is -2.11. The molecule has 134 valence electrons. The van der Waals surface area contributed by atoms with Crippen LogP contribution >= 0.6 is 0 Å². The molecule has 25 heavy (non-hydrogen) atoms. The average Bonchev–Trinajstić information content (AvgIpc) is 3.02. The third-order valence-electron chi connectivity index (χ3n) is 5.63. The second-order valence-electron chi connectivity index (χ2n) is 7.60. The van der Waals surface area contributed by atoms with E-state index in [1.807, 2.05) is 22.6 Å². The number of aryl methyl sites for hydroxylation is 2. The molecule has 0 N–H and O–H groups in total. The van der Waals surface area contributed by atoms with Crippen molar-refractivity contribution in [1.82, 2.24) is 19.7 Å². The fourth-order valence-electron chi connectivity index (χ4n) is 3.91. The Kier molecular flexibility index (Phi) is 4.36. The number of nitrogens with zero attached hydrogens (tertiary/aromatic N) is 4. The van der Waals surface area contributed by atoms with Gasteiger partial charge in [-0.3, -0.25) is 4.79 Å². The minimum absolute atomic E-state index is 0.213. The Labute approximate surface area is 148 Å². The van der Waals surface area contributed by atoms with Crippen molar-refractivity contribution in [3.63, 3.8) is 0 Å². The Morgan fingerprint density at radius 3 is 2.96 bits per heavy atom. The highest BCUT2D eigenvalue weighted by Gasteiger charge is 2.36. The molecule has 1 aliphatic carbocycles. The van der Waals surface area contributed by atoms with E-state index in [-0.39, 0.29) is 11.8 Å². The number of likely N-dealkylation sites (tertiary alicyclic amines) is 1. The molecule has 1 saturated heterocycles. The normalized spacial score (nSPS) is 26.0. The van der Waals surface area contributed by atoms with Gasteiger partial charge in [-0.15, -0.1) is 10.2 Å². The van der Waals surface area contributed by atoms with Crippen LogP contribution in [0.3, 0.4) is 0 Å². The van der Waals surface area contributed by atoms with Gasteiger partial charge in [0.05, 0.1) is 0 Å². The Morgan fingerprint density at radius 2 is 2.24 bits per heavy atom. The fourth-order valence-corrected chi connectivity index (χ4v) is 3.91. The molecular formula is C19H26N4O2. The molecule has 0 aromatic carbocycles. The van der Waals surface area contributed by atoms with Crippen molar-refractivity contribution in [2.24, 2.45) is 13.0 Å². The zero-order valence-electron chi connectivity index (χ0n) is 15.0. The van der Waals surface area contributed by atoms with Gasteiger partial charge in [-0.25, -0.2) is 0 Å². The highest BCUT2D eigenvalue weighted by Crippen LogP contribution is 2.47. The quantitative estimate of drug-likeness (QED) is 0.838. The molecule has 1 saturated carbocycles. The van der Waals surface area contributed by atoms with Crippen LogP contribution in [0.1, 0.15) is 61.8 Å². The van der Waals surface area contributed by atoms with Crippen molar-refractivity contribution in [2.45, 2.75) is 50.9 Å². The van der Waals surface area contributed by atoms with Crippen LogP contribution in [0.4, 0.5) is 0 Å². The van der Waals surface area contributed by atoms with Gasteiger partial charge in [0.15, 0.2) is 0 Å². The molecule has 2 aromatic heterocycles. The van der Waals surface area contributed by atoms with Crippen molar-refractivity contribution in [1.29, 1.82) is 0 Å². The van der Waals surface area contributed by atoms with E-state index in [0.717, 1.165) is 49.2 Å². The number of aromatic nitrogens is 3. The number of carbonyl (C=O) groups is 1. The highest BCUT2D eigenvalue weighted by atomic mass is 16.3. The monoisotopic (exact) mass is 342 g/mol. The molecule has 4 rings (SSSR count). The summed E-state index contributed by atoms with van der Waals surface area (Å²) >= 11 is 0. The first-order valence-electron chi connectivity index (χ1n) is 9.32. The summed E-state index contributed by atoms with van der Waals surface area (Å²) in [6.45, 7) is 3.84. The molecule has 3 atom stereocenters. The smallest absolute Gasteiger partial charge is 0.223 e. The van der Waals surface area contributed by atoms with Gasteiger partial charge < -0.3 is 13.9 Å². The predicted molar refractivity (Wildman–Crippen MR) is 93.1 cm³/mol. The minimum Gasteiger partial charge on any atom is -0.466 e. The van der Waals surface area contributed by atoms with Gasteiger partial charge in [-0.05, 0) is 37.3 Å². The third kappa shape index (κ3) is 3.48. The maximum Gasteiger partial charge on any atom is 0.223 e. The molecule has 2 aromatic rings. The van der Waals surface area contributed by atoms with E-state index in [1.54, 1.807) is 6.33 Å². The number of rotatable bonds is 5. The molecule has 6 nitrogen and oxygen atoms in total. The van der Waals surface area contributed by atoms with Crippen molar-refractivity contribution >= 4 is 5.91 Å². The van der Waals surface area contributed by atoms with Gasteiger partial charge in [-0.2, -0.15) is 0 Å². The van der Waals surface area contributed by atoms with E-state index in [9.17, 15) is 4.79 Å². The van der Waals surface area contributed by atoms with Crippen molar-refractivity contribution in [3.8, 4) is 0 Å². The lowest BCUT2D eigenvalue weighted by molar-refractivity contribution is -0.132. The van der Waals surface area contributed by atoms with Gasteiger partial charge >= 0.3 is 0 Å². The molecule has 0 spiro atoms. The second-order valence-corrected chi connectivity index (χ2v) is 7.60.